The van der Waals surface area contributed by atoms with Gasteiger partial charge in [-0.15, -0.1) is 0 Å². The summed E-state index contributed by atoms with van der Waals surface area (Å²) in [6, 6.07) is 0. The SMILES string of the molecule is CCCCC/C=C\C/C=C\CCCCCCCC(=O)OC(COC(=O)CCCCCCCCCCCCCCCCCCCCCCCCCCCCC)COP(=O)(O)OCC[N+](C)(C)C. The van der Waals surface area contributed by atoms with Gasteiger partial charge in [0, 0.05) is 12.8 Å². The molecule has 0 rings (SSSR count). The molecule has 0 spiro atoms. The van der Waals surface area contributed by atoms with Crippen molar-refractivity contribution in [2.24, 2.45) is 0 Å². The lowest BCUT2D eigenvalue weighted by Crippen LogP contribution is -2.37. The molecular weight excluding hydrogens is 846 g/mol. The molecule has 0 heterocycles. The van der Waals surface area contributed by atoms with Crippen molar-refractivity contribution in [1.29, 1.82) is 0 Å². The van der Waals surface area contributed by atoms with Crippen molar-refractivity contribution in [3.63, 3.8) is 0 Å². The van der Waals surface area contributed by atoms with Crippen LogP contribution in [0.25, 0.3) is 0 Å². The number of rotatable bonds is 52. The first-order valence-electron chi connectivity index (χ1n) is 28.1. The zero-order valence-corrected chi connectivity index (χ0v) is 45.1. The molecule has 2 unspecified atom stereocenters. The number of ether oxygens (including phenoxy) is 2. The fourth-order valence-electron chi connectivity index (χ4n) is 8.11. The molecule has 390 valence electrons. The number of carbonyl (C=O) groups is 2. The molecule has 0 fully saturated rings. The Balaban J connectivity index is 4.08. The van der Waals surface area contributed by atoms with Gasteiger partial charge in [0.05, 0.1) is 27.7 Å². The molecule has 0 aromatic carbocycles. The third kappa shape index (κ3) is 51.9. The molecule has 0 radical (unpaired) electrons. The summed E-state index contributed by atoms with van der Waals surface area (Å²) >= 11 is 0. The first-order chi connectivity index (χ1) is 32.0. The lowest BCUT2D eigenvalue weighted by molar-refractivity contribution is -0.870. The van der Waals surface area contributed by atoms with Gasteiger partial charge in [-0.1, -0.05) is 237 Å². The molecular formula is C56H109NO8P+. The van der Waals surface area contributed by atoms with Crippen molar-refractivity contribution in [1.82, 2.24) is 0 Å². The van der Waals surface area contributed by atoms with Crippen molar-refractivity contribution in [3.05, 3.63) is 24.3 Å². The van der Waals surface area contributed by atoms with E-state index in [-0.39, 0.29) is 25.6 Å². The number of hydrogen-bond donors (Lipinski definition) is 1. The Labute approximate surface area is 409 Å². The maximum absolute atomic E-state index is 12.7. The highest BCUT2D eigenvalue weighted by Crippen LogP contribution is 2.43. The van der Waals surface area contributed by atoms with Gasteiger partial charge in [-0.05, 0) is 44.9 Å². The Hall–Kier alpha value is -1.51. The molecule has 1 N–H and O–H groups in total. The number of hydrogen-bond acceptors (Lipinski definition) is 7. The summed E-state index contributed by atoms with van der Waals surface area (Å²) in [5, 5.41) is 0. The number of unbranched alkanes of at least 4 members (excludes halogenated alkanes) is 34. The highest BCUT2D eigenvalue weighted by molar-refractivity contribution is 7.47. The van der Waals surface area contributed by atoms with Crippen LogP contribution >= 0.6 is 7.82 Å². The van der Waals surface area contributed by atoms with Crippen molar-refractivity contribution in [3.8, 4) is 0 Å². The summed E-state index contributed by atoms with van der Waals surface area (Å²) in [6.45, 7) is 4.43. The average Bonchev–Trinajstić information content (AvgIpc) is 3.27. The summed E-state index contributed by atoms with van der Waals surface area (Å²) < 4.78 is 34.5. The summed E-state index contributed by atoms with van der Waals surface area (Å²) in [4.78, 5) is 35.6. The van der Waals surface area contributed by atoms with E-state index in [2.05, 4.69) is 38.2 Å². The maximum atomic E-state index is 12.7. The monoisotopic (exact) mass is 955 g/mol. The molecule has 0 saturated carbocycles. The van der Waals surface area contributed by atoms with Crippen LogP contribution in [0.4, 0.5) is 0 Å². The van der Waals surface area contributed by atoms with E-state index in [4.69, 9.17) is 18.5 Å². The Morgan fingerprint density at radius 3 is 1.23 bits per heavy atom. The molecule has 0 aliphatic heterocycles. The largest absolute Gasteiger partial charge is 0.472 e. The molecule has 0 aliphatic rings. The predicted octanol–water partition coefficient (Wildman–Crippen LogP) is 17.0. The molecule has 9 nitrogen and oxygen atoms in total. The second-order valence-corrected chi connectivity index (χ2v) is 21.8. The molecule has 10 heteroatoms. The minimum atomic E-state index is -4.38. The number of phosphoric ester groups is 1. The Kier molecular flexibility index (Phi) is 47.4. The fourth-order valence-corrected chi connectivity index (χ4v) is 8.85. The topological polar surface area (TPSA) is 108 Å². The zero-order chi connectivity index (χ0) is 48.5. The van der Waals surface area contributed by atoms with Gasteiger partial charge in [0.25, 0.3) is 0 Å². The van der Waals surface area contributed by atoms with E-state index < -0.39 is 26.5 Å². The minimum Gasteiger partial charge on any atom is -0.462 e. The summed E-state index contributed by atoms with van der Waals surface area (Å²) in [6.07, 6.45) is 56.8. The number of quaternary nitrogens is 1. The Morgan fingerprint density at radius 1 is 0.470 bits per heavy atom. The Morgan fingerprint density at radius 2 is 0.818 bits per heavy atom. The molecule has 0 aliphatic carbocycles. The normalized spacial score (nSPS) is 13.5. The molecule has 0 aromatic heterocycles. The van der Waals surface area contributed by atoms with E-state index >= 15 is 0 Å². The van der Waals surface area contributed by atoms with Crippen molar-refractivity contribution >= 4 is 19.8 Å². The van der Waals surface area contributed by atoms with Gasteiger partial charge in [-0.3, -0.25) is 18.6 Å². The number of phosphoric acid groups is 1. The molecule has 0 aromatic rings. The van der Waals surface area contributed by atoms with E-state index in [1.165, 1.54) is 180 Å². The standard InChI is InChI=1S/C56H108NO8P/c1-6-8-10-12-14-16-18-20-22-23-24-25-26-27-28-29-30-31-32-33-35-36-38-40-42-44-46-48-55(58)62-52-54(53-64-66(60,61)63-51-50-57(3,4)5)65-56(59)49-47-45-43-41-39-37-34-21-19-17-15-13-11-9-7-2/h15,17,21,34,54H,6-14,16,18-20,22-33,35-53H2,1-5H3/p+1/b17-15-,34-21-. The third-order valence-corrected chi connectivity index (χ3v) is 13.5. The lowest BCUT2D eigenvalue weighted by atomic mass is 10.0. The van der Waals surface area contributed by atoms with Crippen LogP contribution in [0.5, 0.6) is 0 Å². The molecule has 66 heavy (non-hydrogen) atoms. The highest BCUT2D eigenvalue weighted by atomic mass is 31.2. The molecule has 0 amide bonds. The van der Waals surface area contributed by atoms with Gasteiger partial charge < -0.3 is 18.9 Å². The fraction of sp³-hybridized carbons (Fsp3) is 0.893. The number of allylic oxidation sites excluding steroid dienone is 4. The molecule has 0 saturated heterocycles. The van der Waals surface area contributed by atoms with Crippen LogP contribution in [0.1, 0.15) is 271 Å². The number of carbonyl (C=O) groups excluding carboxylic acids is 2. The average molecular weight is 955 g/mol. The van der Waals surface area contributed by atoms with Gasteiger partial charge >= 0.3 is 19.8 Å². The van der Waals surface area contributed by atoms with Gasteiger partial charge in [0.15, 0.2) is 6.10 Å². The van der Waals surface area contributed by atoms with E-state index in [0.29, 0.717) is 23.9 Å². The van der Waals surface area contributed by atoms with Crippen molar-refractivity contribution in [2.75, 3.05) is 47.5 Å². The smallest absolute Gasteiger partial charge is 0.462 e. The zero-order valence-electron chi connectivity index (χ0n) is 44.2. The summed E-state index contributed by atoms with van der Waals surface area (Å²) in [5.41, 5.74) is 0. The third-order valence-electron chi connectivity index (χ3n) is 12.5. The van der Waals surface area contributed by atoms with Crippen molar-refractivity contribution < 1.29 is 42.1 Å². The van der Waals surface area contributed by atoms with E-state index in [1.807, 2.05) is 21.1 Å². The van der Waals surface area contributed by atoms with Gasteiger partial charge in [-0.25, -0.2) is 4.57 Å². The minimum absolute atomic E-state index is 0.0309. The first-order valence-corrected chi connectivity index (χ1v) is 29.6. The number of likely N-dealkylation sites (N-methyl/N-ethyl adjacent to an activating group) is 1. The van der Waals surface area contributed by atoms with Crippen LogP contribution in [0.2, 0.25) is 0 Å². The number of nitrogens with zero attached hydrogens (tertiary/aromatic N) is 1. The van der Waals surface area contributed by atoms with Gasteiger partial charge in [-0.2, -0.15) is 0 Å². The maximum Gasteiger partial charge on any atom is 0.472 e. The van der Waals surface area contributed by atoms with Crippen LogP contribution in [-0.2, 0) is 32.7 Å². The molecule has 2 atom stereocenters. The first kappa shape index (κ1) is 64.5. The van der Waals surface area contributed by atoms with Crippen LogP contribution < -0.4 is 0 Å². The summed E-state index contributed by atoms with van der Waals surface area (Å²) in [5.74, 6) is -0.801. The second kappa shape index (κ2) is 48.5. The van der Waals surface area contributed by atoms with Gasteiger partial charge in [0.2, 0.25) is 0 Å². The quantitative estimate of drug-likeness (QED) is 0.0211. The lowest BCUT2D eigenvalue weighted by Gasteiger charge is -2.24. The van der Waals surface area contributed by atoms with E-state index in [9.17, 15) is 19.0 Å². The van der Waals surface area contributed by atoms with Crippen LogP contribution in [0.15, 0.2) is 24.3 Å². The molecule has 0 bridgehead atoms. The second-order valence-electron chi connectivity index (χ2n) is 20.3. The Bertz CT molecular complexity index is 1170. The van der Waals surface area contributed by atoms with E-state index in [0.717, 1.165) is 57.8 Å². The van der Waals surface area contributed by atoms with Crippen LogP contribution in [0, 0.1) is 0 Å². The summed E-state index contributed by atoms with van der Waals surface area (Å²) in [7, 11) is 1.48. The van der Waals surface area contributed by atoms with E-state index in [1.54, 1.807) is 0 Å². The van der Waals surface area contributed by atoms with Crippen LogP contribution in [0.3, 0.4) is 0 Å². The van der Waals surface area contributed by atoms with Crippen molar-refractivity contribution in [2.45, 2.75) is 277 Å². The predicted molar refractivity (Wildman–Crippen MR) is 280 cm³/mol. The van der Waals surface area contributed by atoms with Gasteiger partial charge in [0.1, 0.15) is 19.8 Å². The highest BCUT2D eigenvalue weighted by Gasteiger charge is 2.27. The number of esters is 2. The van der Waals surface area contributed by atoms with Crippen LogP contribution in [-0.4, -0.2) is 74.9 Å².